The van der Waals surface area contributed by atoms with Crippen LogP contribution in [0, 0.1) is 5.82 Å². The van der Waals surface area contributed by atoms with Crippen LogP contribution in [0.4, 0.5) is 9.18 Å². The number of imide groups is 1. The summed E-state index contributed by atoms with van der Waals surface area (Å²) in [6, 6.07) is 12.1. The second-order valence-corrected chi connectivity index (χ2v) is 5.62. The number of halogens is 1. The molecule has 0 aliphatic carbocycles. The van der Waals surface area contributed by atoms with E-state index in [-0.39, 0.29) is 25.5 Å². The molecule has 1 fully saturated rings. The topological polar surface area (TPSA) is 87.7 Å². The van der Waals surface area contributed by atoms with E-state index in [0.29, 0.717) is 11.5 Å². The van der Waals surface area contributed by atoms with Crippen molar-refractivity contribution in [1.29, 1.82) is 0 Å². The molecule has 1 saturated heterocycles. The standard InChI is InChI=1S/C18H16FN3O4/c19-13-3-7-15(8-4-13)26-14-5-1-12(2-6-14)9-20-16(23)11-22-17(24)10-21-18(22)25/h1-8H,9-11H2,(H,20,23)(H,21,25). The number of carbonyl (C=O) groups is 3. The third-order valence-corrected chi connectivity index (χ3v) is 3.70. The van der Waals surface area contributed by atoms with Crippen molar-refractivity contribution in [2.75, 3.05) is 13.1 Å². The summed E-state index contributed by atoms with van der Waals surface area (Å²) in [4.78, 5) is 35.5. The van der Waals surface area contributed by atoms with Gasteiger partial charge >= 0.3 is 6.03 Å². The largest absolute Gasteiger partial charge is 0.457 e. The normalized spacial score (nSPS) is 13.5. The Morgan fingerprint density at radius 1 is 1.08 bits per heavy atom. The molecule has 0 bridgehead atoms. The molecule has 26 heavy (non-hydrogen) atoms. The molecule has 7 nitrogen and oxygen atoms in total. The van der Waals surface area contributed by atoms with Crippen LogP contribution in [0.3, 0.4) is 0 Å². The zero-order valence-corrected chi connectivity index (χ0v) is 13.7. The molecule has 4 amide bonds. The number of rotatable bonds is 6. The highest BCUT2D eigenvalue weighted by Gasteiger charge is 2.29. The average molecular weight is 357 g/mol. The molecule has 0 unspecified atom stereocenters. The van der Waals surface area contributed by atoms with Crippen LogP contribution in [-0.2, 0) is 16.1 Å². The van der Waals surface area contributed by atoms with Crippen molar-refractivity contribution in [2.45, 2.75) is 6.54 Å². The lowest BCUT2D eigenvalue weighted by Crippen LogP contribution is -2.40. The Bertz CT molecular complexity index is 805. The minimum Gasteiger partial charge on any atom is -0.457 e. The highest BCUT2D eigenvalue weighted by molar-refractivity contribution is 6.04. The Morgan fingerprint density at radius 2 is 1.69 bits per heavy atom. The van der Waals surface area contributed by atoms with Crippen molar-refractivity contribution in [3.8, 4) is 11.5 Å². The fourth-order valence-electron chi connectivity index (χ4n) is 2.33. The summed E-state index contributed by atoms with van der Waals surface area (Å²) >= 11 is 0. The number of urea groups is 1. The summed E-state index contributed by atoms with van der Waals surface area (Å²) in [6.07, 6.45) is 0. The van der Waals surface area contributed by atoms with Gasteiger partial charge in [0, 0.05) is 6.54 Å². The van der Waals surface area contributed by atoms with Crippen LogP contribution in [0.15, 0.2) is 48.5 Å². The highest BCUT2D eigenvalue weighted by atomic mass is 19.1. The van der Waals surface area contributed by atoms with Gasteiger partial charge in [0.15, 0.2) is 0 Å². The molecular formula is C18H16FN3O4. The van der Waals surface area contributed by atoms with Gasteiger partial charge < -0.3 is 15.4 Å². The van der Waals surface area contributed by atoms with E-state index in [9.17, 15) is 18.8 Å². The lowest BCUT2D eigenvalue weighted by Gasteiger charge is -2.12. The van der Waals surface area contributed by atoms with Crippen LogP contribution < -0.4 is 15.4 Å². The summed E-state index contributed by atoms with van der Waals surface area (Å²) in [5, 5.41) is 5.00. The van der Waals surface area contributed by atoms with Crippen LogP contribution in [0.1, 0.15) is 5.56 Å². The fourth-order valence-corrected chi connectivity index (χ4v) is 2.33. The minimum absolute atomic E-state index is 0.0817. The van der Waals surface area contributed by atoms with Crippen LogP contribution in [0.25, 0.3) is 0 Å². The predicted octanol–water partition coefficient (Wildman–Crippen LogP) is 1.79. The maximum Gasteiger partial charge on any atom is 0.325 e. The molecule has 8 heteroatoms. The number of carbonyl (C=O) groups excluding carboxylic acids is 3. The van der Waals surface area contributed by atoms with Gasteiger partial charge in [-0.3, -0.25) is 14.5 Å². The Balaban J connectivity index is 1.49. The van der Waals surface area contributed by atoms with Gasteiger partial charge in [-0.15, -0.1) is 0 Å². The molecule has 1 heterocycles. The number of benzene rings is 2. The zero-order chi connectivity index (χ0) is 18.5. The fraction of sp³-hybridized carbons (Fsp3) is 0.167. The van der Waals surface area contributed by atoms with Crippen LogP contribution in [0.2, 0.25) is 0 Å². The van der Waals surface area contributed by atoms with Crippen molar-refractivity contribution in [3.63, 3.8) is 0 Å². The number of hydrogen-bond acceptors (Lipinski definition) is 4. The van der Waals surface area contributed by atoms with Gasteiger partial charge in [-0.1, -0.05) is 12.1 Å². The average Bonchev–Trinajstić information content (AvgIpc) is 2.95. The van der Waals surface area contributed by atoms with E-state index in [4.69, 9.17) is 4.74 Å². The number of nitrogens with zero attached hydrogens (tertiary/aromatic N) is 1. The van der Waals surface area contributed by atoms with E-state index in [1.807, 2.05) is 0 Å². The Labute approximate surface area is 148 Å². The second-order valence-electron chi connectivity index (χ2n) is 5.62. The minimum atomic E-state index is -0.563. The van der Waals surface area contributed by atoms with Gasteiger partial charge in [0.1, 0.15) is 23.9 Å². The van der Waals surface area contributed by atoms with Crippen LogP contribution in [0.5, 0.6) is 11.5 Å². The van der Waals surface area contributed by atoms with E-state index < -0.39 is 17.8 Å². The van der Waals surface area contributed by atoms with E-state index in [0.717, 1.165) is 10.5 Å². The molecule has 1 aliphatic heterocycles. The van der Waals surface area contributed by atoms with E-state index in [1.54, 1.807) is 24.3 Å². The lowest BCUT2D eigenvalue weighted by atomic mass is 10.2. The quantitative estimate of drug-likeness (QED) is 0.772. The molecule has 0 spiro atoms. The molecule has 1 aliphatic rings. The SMILES string of the molecule is O=C(CN1C(=O)CNC1=O)NCc1ccc(Oc2ccc(F)cc2)cc1. The number of amides is 4. The molecular weight excluding hydrogens is 341 g/mol. The van der Waals surface area contributed by atoms with Crippen molar-refractivity contribution in [1.82, 2.24) is 15.5 Å². The molecule has 2 aromatic rings. The van der Waals surface area contributed by atoms with E-state index >= 15 is 0 Å². The van der Waals surface area contributed by atoms with Crippen LogP contribution >= 0.6 is 0 Å². The summed E-state index contributed by atoms with van der Waals surface area (Å²) in [6.45, 7) is -0.141. The first-order valence-corrected chi connectivity index (χ1v) is 7.88. The Hall–Kier alpha value is -3.42. The van der Waals surface area contributed by atoms with Crippen molar-refractivity contribution in [3.05, 3.63) is 59.9 Å². The summed E-state index contributed by atoms with van der Waals surface area (Å²) < 4.78 is 18.4. The van der Waals surface area contributed by atoms with Crippen molar-refractivity contribution < 1.29 is 23.5 Å². The Kier molecular flexibility index (Phi) is 5.12. The van der Waals surface area contributed by atoms with Crippen molar-refractivity contribution in [2.24, 2.45) is 0 Å². The third kappa shape index (κ3) is 4.35. The molecule has 0 radical (unpaired) electrons. The molecule has 2 N–H and O–H groups in total. The molecule has 3 rings (SSSR count). The van der Waals surface area contributed by atoms with Gasteiger partial charge in [0.05, 0.1) is 6.54 Å². The molecule has 0 saturated carbocycles. The highest BCUT2D eigenvalue weighted by Crippen LogP contribution is 2.21. The van der Waals surface area contributed by atoms with Gasteiger partial charge in [-0.25, -0.2) is 9.18 Å². The van der Waals surface area contributed by atoms with E-state index in [2.05, 4.69) is 10.6 Å². The first-order valence-electron chi connectivity index (χ1n) is 7.88. The maximum absolute atomic E-state index is 12.9. The van der Waals surface area contributed by atoms with Crippen molar-refractivity contribution >= 4 is 17.8 Å². The van der Waals surface area contributed by atoms with Gasteiger partial charge in [-0.05, 0) is 42.0 Å². The molecule has 2 aromatic carbocycles. The summed E-state index contributed by atoms with van der Waals surface area (Å²) in [5.74, 6) is -0.0990. The molecule has 0 atom stereocenters. The lowest BCUT2D eigenvalue weighted by molar-refractivity contribution is -0.130. The van der Waals surface area contributed by atoms with Crippen LogP contribution in [-0.4, -0.2) is 35.8 Å². The first-order chi connectivity index (χ1) is 12.5. The van der Waals surface area contributed by atoms with Gasteiger partial charge in [0.25, 0.3) is 5.91 Å². The second kappa shape index (κ2) is 7.64. The predicted molar refractivity (Wildman–Crippen MR) is 89.9 cm³/mol. The van der Waals surface area contributed by atoms with Gasteiger partial charge in [-0.2, -0.15) is 0 Å². The summed E-state index contributed by atoms with van der Waals surface area (Å²) in [5.41, 5.74) is 0.821. The third-order valence-electron chi connectivity index (χ3n) is 3.70. The zero-order valence-electron chi connectivity index (χ0n) is 13.7. The van der Waals surface area contributed by atoms with Gasteiger partial charge in [0.2, 0.25) is 5.91 Å². The smallest absolute Gasteiger partial charge is 0.325 e. The first kappa shape index (κ1) is 17.4. The number of nitrogens with one attached hydrogen (secondary N) is 2. The number of ether oxygens (including phenoxy) is 1. The maximum atomic E-state index is 12.9. The van der Waals surface area contributed by atoms with E-state index in [1.165, 1.54) is 24.3 Å². The molecule has 134 valence electrons. The monoisotopic (exact) mass is 357 g/mol. The molecule has 0 aromatic heterocycles. The summed E-state index contributed by atoms with van der Waals surface area (Å²) in [7, 11) is 0. The Morgan fingerprint density at radius 3 is 2.27 bits per heavy atom. The number of hydrogen-bond donors (Lipinski definition) is 2.